The van der Waals surface area contributed by atoms with E-state index in [-0.39, 0.29) is 36.7 Å². The number of rotatable bonds is 6. The van der Waals surface area contributed by atoms with Crippen molar-refractivity contribution in [2.45, 2.75) is 6.92 Å². The Morgan fingerprint density at radius 2 is 2.04 bits per heavy atom. The van der Waals surface area contributed by atoms with E-state index in [4.69, 9.17) is 14.8 Å². The van der Waals surface area contributed by atoms with Gasteiger partial charge in [0.05, 0.1) is 35.1 Å². The lowest BCUT2D eigenvalue weighted by atomic mass is 10.2. The van der Waals surface area contributed by atoms with Crippen molar-refractivity contribution >= 4 is 11.8 Å². The van der Waals surface area contributed by atoms with Crippen LogP contribution in [0.1, 0.15) is 12.5 Å². The van der Waals surface area contributed by atoms with Gasteiger partial charge in [-0.2, -0.15) is 5.26 Å². The van der Waals surface area contributed by atoms with E-state index in [2.05, 4.69) is 5.59 Å². The average Bonchev–Trinajstić information content (AvgIpc) is 2.66. The molecule has 1 aromatic carbocycles. The molecular weight excluding hydrogens is 348 g/mol. The minimum absolute atomic E-state index is 0.0240. The molecule has 1 fully saturated rings. The zero-order valence-electron chi connectivity index (χ0n) is 14.0. The number of hydrazine groups is 2. The third-order valence-corrected chi connectivity index (χ3v) is 3.57. The molecule has 0 aromatic heterocycles. The van der Waals surface area contributed by atoms with Gasteiger partial charge < -0.3 is 14.5 Å². The smallest absolute Gasteiger partial charge is 0.409 e. The Bertz CT molecular complexity index is 740. The van der Waals surface area contributed by atoms with Crippen molar-refractivity contribution in [1.29, 1.82) is 5.26 Å². The second-order valence-electron chi connectivity index (χ2n) is 5.16. The number of nitrogens with one attached hydrogen (secondary N) is 1. The number of nitro groups is 1. The number of hydrogen-bond acceptors (Lipinski definition) is 7. The van der Waals surface area contributed by atoms with Crippen molar-refractivity contribution in [2.24, 2.45) is 0 Å². The third kappa shape index (κ3) is 4.47. The van der Waals surface area contributed by atoms with Gasteiger partial charge >= 0.3 is 6.09 Å². The number of nitroso groups, excluding NO2 is 1. The molecule has 0 bridgehead atoms. The minimum atomic E-state index is -0.638. The summed E-state index contributed by atoms with van der Waals surface area (Å²) >= 11 is 0. The zero-order valence-corrected chi connectivity index (χ0v) is 14.0. The number of piperazine rings is 1. The Morgan fingerprint density at radius 3 is 2.62 bits per heavy atom. The largest absolute Gasteiger partial charge is 0.450 e. The van der Waals surface area contributed by atoms with Gasteiger partial charge in [0.1, 0.15) is 11.6 Å². The summed E-state index contributed by atoms with van der Waals surface area (Å²) in [5.74, 6) is -0.0240. The predicted octanol–water partition coefficient (Wildman–Crippen LogP) is 0.733. The highest BCUT2D eigenvalue weighted by atomic mass is 16.7. The first kappa shape index (κ1) is 18.7. The van der Waals surface area contributed by atoms with Crippen LogP contribution < -0.4 is 10.4 Å². The van der Waals surface area contributed by atoms with Crippen LogP contribution in [0.15, 0.2) is 18.2 Å². The van der Waals surface area contributed by atoms with Crippen LogP contribution >= 0.6 is 0 Å². The molecule has 1 heterocycles. The van der Waals surface area contributed by atoms with Crippen LogP contribution in [0.2, 0.25) is 0 Å². The molecule has 0 aliphatic carbocycles. The summed E-state index contributed by atoms with van der Waals surface area (Å²) in [5, 5.41) is 21.1. The number of non-ortho nitro benzene ring substituents is 1. The predicted molar refractivity (Wildman–Crippen MR) is 85.4 cm³/mol. The van der Waals surface area contributed by atoms with Crippen LogP contribution in [0.25, 0.3) is 0 Å². The number of nitro benzene ring substituents is 1. The lowest BCUT2D eigenvalue weighted by molar-refractivity contribution is -0.782. The Kier molecular flexibility index (Phi) is 6.10. The van der Waals surface area contributed by atoms with E-state index in [0.717, 1.165) is 12.1 Å². The fraction of sp³-hybridized carbons (Fsp3) is 0.429. The number of nitrogens with zero attached hydrogens (tertiary/aromatic N) is 5. The molecule has 0 radical (unpaired) electrons. The van der Waals surface area contributed by atoms with E-state index in [1.165, 1.54) is 16.0 Å². The molecule has 2 rings (SSSR count). The van der Waals surface area contributed by atoms with Gasteiger partial charge in [-0.15, -0.1) is 5.01 Å². The summed E-state index contributed by atoms with van der Waals surface area (Å²) in [4.78, 5) is 40.6. The first-order valence-electron chi connectivity index (χ1n) is 7.71. The average molecular weight is 365 g/mol. The van der Waals surface area contributed by atoms with E-state index in [9.17, 15) is 19.8 Å². The van der Waals surface area contributed by atoms with Gasteiger partial charge in [-0.05, 0) is 13.0 Å². The zero-order chi connectivity index (χ0) is 19.1. The quantitative estimate of drug-likeness (QED) is 0.438. The fourth-order valence-electron chi connectivity index (χ4n) is 2.23. The fourth-order valence-corrected chi connectivity index (χ4v) is 2.23. The molecule has 0 atom stereocenters. The maximum absolute atomic E-state index is 12.0. The highest BCUT2D eigenvalue weighted by Gasteiger charge is 2.30. The van der Waals surface area contributed by atoms with Crippen molar-refractivity contribution in [2.75, 3.05) is 32.8 Å². The molecule has 1 aromatic rings. The van der Waals surface area contributed by atoms with Crippen molar-refractivity contribution < 1.29 is 24.3 Å². The first-order valence-corrected chi connectivity index (χ1v) is 7.71. The SMILES string of the molecule is CCOC(=O)N1CCN([N+](=O)NOc2ccc([N+](=O)[O-])cc2C#N)CC1. The van der Waals surface area contributed by atoms with E-state index < -0.39 is 11.0 Å². The number of ether oxygens (including phenoxy) is 1. The number of benzene rings is 1. The van der Waals surface area contributed by atoms with E-state index in [1.54, 1.807) is 13.0 Å². The molecular formula is C14H17N6O6+. The molecule has 1 aliphatic rings. The number of carbonyl (C=O) groups excluding carboxylic acids is 1. The lowest BCUT2D eigenvalue weighted by Crippen LogP contribution is -2.54. The molecule has 0 spiro atoms. The van der Waals surface area contributed by atoms with Crippen LogP contribution in [-0.4, -0.2) is 58.7 Å². The van der Waals surface area contributed by atoms with E-state index in [0.29, 0.717) is 18.1 Å². The number of nitriles is 1. The molecule has 0 unspecified atom stereocenters. The van der Waals surface area contributed by atoms with Crippen molar-refractivity contribution in [3.63, 3.8) is 0 Å². The molecule has 12 heteroatoms. The molecule has 1 amide bonds. The van der Waals surface area contributed by atoms with Gasteiger partial charge in [-0.25, -0.2) is 4.79 Å². The number of hydrogen-bond donors (Lipinski definition) is 1. The Balaban J connectivity index is 1.89. The maximum Gasteiger partial charge on any atom is 0.409 e. The van der Waals surface area contributed by atoms with Crippen LogP contribution in [0.5, 0.6) is 5.75 Å². The van der Waals surface area contributed by atoms with Gasteiger partial charge in [0, 0.05) is 25.2 Å². The maximum atomic E-state index is 12.0. The molecule has 0 saturated carbocycles. The highest BCUT2D eigenvalue weighted by Crippen LogP contribution is 2.22. The van der Waals surface area contributed by atoms with Crippen molar-refractivity contribution in [3.8, 4) is 11.8 Å². The standard InChI is InChI=1S/C14H17N6O6/c1-2-25-14(21)17-5-7-18(8-6-17)20(24)16-26-13-4-3-12(19(22)23)9-11(13)10-15/h3-4,9H,2,5-8H2,1H3,(H,16,24)/q+1. The lowest BCUT2D eigenvalue weighted by Gasteiger charge is -2.28. The summed E-state index contributed by atoms with van der Waals surface area (Å²) in [6, 6.07) is 5.18. The normalized spacial score (nSPS) is 13.5. The molecule has 1 N–H and O–H groups in total. The van der Waals surface area contributed by atoms with Gasteiger partial charge in [0.2, 0.25) is 0 Å². The molecule has 1 aliphatic heterocycles. The van der Waals surface area contributed by atoms with Crippen LogP contribution in [-0.2, 0) is 4.74 Å². The second kappa shape index (κ2) is 8.47. The summed E-state index contributed by atoms with van der Waals surface area (Å²) < 4.78 is 4.89. The molecule has 138 valence electrons. The van der Waals surface area contributed by atoms with Gasteiger partial charge in [-0.1, -0.05) is 0 Å². The van der Waals surface area contributed by atoms with Crippen molar-refractivity contribution in [1.82, 2.24) is 15.5 Å². The summed E-state index contributed by atoms with van der Waals surface area (Å²) in [5.41, 5.74) is 1.76. The van der Waals surface area contributed by atoms with Gasteiger partial charge in [-0.3, -0.25) is 10.1 Å². The van der Waals surface area contributed by atoms with Crippen LogP contribution in [0, 0.1) is 26.4 Å². The third-order valence-electron chi connectivity index (χ3n) is 3.57. The first-order chi connectivity index (χ1) is 12.5. The van der Waals surface area contributed by atoms with Crippen LogP contribution in [0.4, 0.5) is 10.5 Å². The van der Waals surface area contributed by atoms with Gasteiger partial charge in [0.25, 0.3) is 10.7 Å². The van der Waals surface area contributed by atoms with Crippen molar-refractivity contribution in [3.05, 3.63) is 38.8 Å². The Labute approximate surface area is 148 Å². The molecule has 1 saturated heterocycles. The van der Waals surface area contributed by atoms with E-state index >= 15 is 0 Å². The summed E-state index contributed by atoms with van der Waals surface area (Å²) in [6.45, 7) is 3.11. The number of carbonyl (C=O) groups is 1. The van der Waals surface area contributed by atoms with E-state index in [1.807, 2.05) is 0 Å². The minimum Gasteiger partial charge on any atom is -0.450 e. The molecule has 26 heavy (non-hydrogen) atoms. The second-order valence-corrected chi connectivity index (χ2v) is 5.16. The highest BCUT2D eigenvalue weighted by molar-refractivity contribution is 5.67. The summed E-state index contributed by atoms with van der Waals surface area (Å²) in [7, 11) is 0. The Morgan fingerprint density at radius 1 is 1.35 bits per heavy atom. The number of amides is 1. The van der Waals surface area contributed by atoms with Gasteiger partial charge in [0.15, 0.2) is 5.75 Å². The topological polar surface area (TPSA) is 141 Å². The monoisotopic (exact) mass is 365 g/mol. The Hall–Kier alpha value is -3.62. The molecule has 12 nitrogen and oxygen atoms in total. The summed E-state index contributed by atoms with van der Waals surface area (Å²) in [6.07, 6.45) is -0.432. The van der Waals surface area contributed by atoms with Crippen LogP contribution in [0.3, 0.4) is 0 Å².